The first-order valence-electron chi connectivity index (χ1n) is 6.21. The Balaban J connectivity index is 0.00000133. The number of anilines is 1. The first-order chi connectivity index (χ1) is 8.72. The number of aliphatic hydroxyl groups excluding tert-OH is 1. The van der Waals surface area contributed by atoms with E-state index >= 15 is 0 Å². The molecule has 1 aromatic carbocycles. The molecule has 1 saturated carbocycles. The van der Waals surface area contributed by atoms with Crippen molar-refractivity contribution in [1.29, 1.82) is 0 Å². The fraction of sp³-hybridized carbons (Fsp3) is 0.357. The van der Waals surface area contributed by atoms with Crippen molar-refractivity contribution >= 4 is 29.0 Å². The molecule has 1 aliphatic carbocycles. The summed E-state index contributed by atoms with van der Waals surface area (Å²) in [5, 5.41) is 10.5. The molecule has 2 aromatic rings. The van der Waals surface area contributed by atoms with E-state index in [1.807, 2.05) is 24.3 Å². The monoisotopic (exact) mass is 280 g/mol. The molecule has 102 valence electrons. The van der Waals surface area contributed by atoms with Crippen LogP contribution in [0.15, 0.2) is 30.5 Å². The van der Waals surface area contributed by atoms with Crippen LogP contribution in [0.25, 0.3) is 10.9 Å². The number of ether oxygens (including phenoxy) is 1. The number of benzene rings is 1. The second-order valence-corrected chi connectivity index (χ2v) is 4.79. The molecule has 19 heavy (non-hydrogen) atoms. The van der Waals surface area contributed by atoms with Crippen LogP contribution in [0.1, 0.15) is 19.3 Å². The van der Waals surface area contributed by atoms with E-state index in [1.165, 1.54) is 0 Å². The number of nitrogens with two attached hydrogens (primary N) is 1. The highest BCUT2D eigenvalue weighted by Crippen LogP contribution is 2.31. The summed E-state index contributed by atoms with van der Waals surface area (Å²) in [6, 6.07) is 7.61. The summed E-state index contributed by atoms with van der Waals surface area (Å²) in [4.78, 5) is 4.29. The van der Waals surface area contributed by atoms with E-state index in [1.54, 1.807) is 6.20 Å². The first-order valence-corrected chi connectivity index (χ1v) is 6.21. The molecule has 3 N–H and O–H groups in total. The van der Waals surface area contributed by atoms with Crippen LogP contribution in [0.5, 0.6) is 5.75 Å². The summed E-state index contributed by atoms with van der Waals surface area (Å²) in [5.41, 5.74) is 7.48. The third-order valence-corrected chi connectivity index (χ3v) is 3.39. The summed E-state index contributed by atoms with van der Waals surface area (Å²) in [5.74, 6) is 0.667. The van der Waals surface area contributed by atoms with Crippen molar-refractivity contribution in [3.63, 3.8) is 0 Å². The molecule has 1 aliphatic rings. The minimum atomic E-state index is -0.241. The molecule has 2 atom stereocenters. The fourth-order valence-electron chi connectivity index (χ4n) is 2.42. The van der Waals surface area contributed by atoms with Gasteiger partial charge >= 0.3 is 0 Å². The molecule has 4 nitrogen and oxygen atoms in total. The third-order valence-electron chi connectivity index (χ3n) is 3.39. The Morgan fingerprint density at radius 2 is 2.16 bits per heavy atom. The summed E-state index contributed by atoms with van der Waals surface area (Å²) in [7, 11) is 0. The molecule has 5 heteroatoms. The average Bonchev–Trinajstić information content (AvgIpc) is 2.76. The maximum atomic E-state index is 9.50. The number of fused-ring (bicyclic) bond motifs is 1. The van der Waals surface area contributed by atoms with E-state index in [0.717, 1.165) is 23.7 Å². The van der Waals surface area contributed by atoms with Gasteiger partial charge in [0.1, 0.15) is 11.9 Å². The molecule has 1 heterocycles. The molecule has 3 rings (SSSR count). The first kappa shape index (κ1) is 13.9. The number of nitrogens with zero attached hydrogens (tertiary/aromatic N) is 1. The van der Waals surface area contributed by atoms with Gasteiger partial charge in [0.05, 0.1) is 17.3 Å². The van der Waals surface area contributed by atoms with Crippen LogP contribution in [0.3, 0.4) is 0 Å². The Morgan fingerprint density at radius 1 is 1.32 bits per heavy atom. The molecule has 0 amide bonds. The smallest absolute Gasteiger partial charge is 0.144 e. The second-order valence-electron chi connectivity index (χ2n) is 4.79. The van der Waals surface area contributed by atoms with E-state index in [9.17, 15) is 5.11 Å². The lowest BCUT2D eigenvalue weighted by Crippen LogP contribution is -2.14. The van der Waals surface area contributed by atoms with E-state index in [4.69, 9.17) is 10.5 Å². The maximum Gasteiger partial charge on any atom is 0.144 e. The minimum absolute atomic E-state index is 0. The minimum Gasteiger partial charge on any atom is -0.488 e. The van der Waals surface area contributed by atoms with Gasteiger partial charge in [0, 0.05) is 24.1 Å². The highest BCUT2D eigenvalue weighted by molar-refractivity contribution is 5.85. The number of hydrogen-bond acceptors (Lipinski definition) is 4. The van der Waals surface area contributed by atoms with Gasteiger partial charge in [0.15, 0.2) is 0 Å². The Morgan fingerprint density at radius 3 is 2.89 bits per heavy atom. The Labute approximate surface area is 118 Å². The van der Waals surface area contributed by atoms with E-state index in [2.05, 4.69) is 4.98 Å². The number of aromatic nitrogens is 1. The highest BCUT2D eigenvalue weighted by atomic mass is 35.5. The van der Waals surface area contributed by atoms with E-state index in [0.29, 0.717) is 17.9 Å². The maximum absolute atomic E-state index is 9.50. The number of aliphatic hydroxyl groups is 1. The van der Waals surface area contributed by atoms with Crippen molar-refractivity contribution in [3.05, 3.63) is 30.5 Å². The van der Waals surface area contributed by atoms with Crippen LogP contribution in [-0.4, -0.2) is 22.3 Å². The molecule has 1 fully saturated rings. The number of rotatable bonds is 2. The summed E-state index contributed by atoms with van der Waals surface area (Å²) in [6.45, 7) is 0. The van der Waals surface area contributed by atoms with Crippen LogP contribution >= 0.6 is 12.4 Å². The molecule has 0 bridgehead atoms. The number of pyridine rings is 1. The van der Waals surface area contributed by atoms with Gasteiger partial charge in [-0.1, -0.05) is 6.07 Å². The largest absolute Gasteiger partial charge is 0.488 e. The van der Waals surface area contributed by atoms with Crippen molar-refractivity contribution in [2.45, 2.75) is 31.5 Å². The Bertz CT molecular complexity index is 576. The topological polar surface area (TPSA) is 68.4 Å². The standard InChI is InChI=1S/C14H16N2O2.ClH/c15-12-6-9-2-1-5-16-13(9)8-14(12)18-11-4-3-10(17)7-11;/h1-2,5-6,8,10-11,17H,3-4,7,15H2;1H/t10-,11-;/m1./s1. The van der Waals surface area contributed by atoms with Gasteiger partial charge in [-0.2, -0.15) is 0 Å². The zero-order valence-corrected chi connectivity index (χ0v) is 11.3. The number of halogens is 1. The third kappa shape index (κ3) is 2.91. The Hall–Kier alpha value is -1.52. The quantitative estimate of drug-likeness (QED) is 0.830. The van der Waals surface area contributed by atoms with Gasteiger partial charge in [-0.3, -0.25) is 4.98 Å². The SMILES string of the molecule is Cl.Nc1cc2cccnc2cc1O[C@@H]1CC[C@@H](O)C1. The highest BCUT2D eigenvalue weighted by Gasteiger charge is 2.24. The van der Waals surface area contributed by atoms with Gasteiger partial charge in [-0.05, 0) is 25.0 Å². The lowest BCUT2D eigenvalue weighted by Gasteiger charge is -2.15. The van der Waals surface area contributed by atoms with Crippen LogP contribution in [0.2, 0.25) is 0 Å². The van der Waals surface area contributed by atoms with Crippen LogP contribution in [0.4, 0.5) is 5.69 Å². The molecule has 0 unspecified atom stereocenters. The van der Waals surface area contributed by atoms with Crippen molar-refractivity contribution in [2.24, 2.45) is 0 Å². The molecule has 0 aliphatic heterocycles. The Kier molecular flexibility index (Phi) is 4.12. The van der Waals surface area contributed by atoms with Gasteiger partial charge < -0.3 is 15.6 Å². The average molecular weight is 281 g/mol. The lowest BCUT2D eigenvalue weighted by atomic mass is 10.2. The van der Waals surface area contributed by atoms with Crippen LogP contribution in [0, 0.1) is 0 Å². The van der Waals surface area contributed by atoms with Crippen molar-refractivity contribution in [3.8, 4) is 5.75 Å². The molecular weight excluding hydrogens is 264 g/mol. The van der Waals surface area contributed by atoms with Crippen LogP contribution in [-0.2, 0) is 0 Å². The molecule has 1 aromatic heterocycles. The summed E-state index contributed by atoms with van der Waals surface area (Å²) >= 11 is 0. The number of hydrogen-bond donors (Lipinski definition) is 2. The summed E-state index contributed by atoms with van der Waals surface area (Å²) in [6.07, 6.45) is 3.93. The predicted molar refractivity (Wildman–Crippen MR) is 77.7 cm³/mol. The number of nitrogen functional groups attached to an aromatic ring is 1. The van der Waals surface area contributed by atoms with Gasteiger partial charge in [0.25, 0.3) is 0 Å². The van der Waals surface area contributed by atoms with Crippen molar-refractivity contribution in [2.75, 3.05) is 5.73 Å². The van der Waals surface area contributed by atoms with Gasteiger partial charge in [-0.15, -0.1) is 12.4 Å². The normalized spacial score (nSPS) is 22.2. The second kappa shape index (κ2) is 5.63. The zero-order valence-electron chi connectivity index (χ0n) is 10.5. The van der Waals surface area contributed by atoms with E-state index in [-0.39, 0.29) is 24.6 Å². The van der Waals surface area contributed by atoms with Crippen LogP contribution < -0.4 is 10.5 Å². The van der Waals surface area contributed by atoms with Gasteiger partial charge in [0.2, 0.25) is 0 Å². The fourth-order valence-corrected chi connectivity index (χ4v) is 2.42. The predicted octanol–water partition coefficient (Wildman–Crippen LogP) is 2.53. The lowest BCUT2D eigenvalue weighted by molar-refractivity contribution is 0.150. The molecule has 0 radical (unpaired) electrons. The molecule has 0 spiro atoms. The van der Waals surface area contributed by atoms with Gasteiger partial charge in [-0.25, -0.2) is 0 Å². The summed E-state index contributed by atoms with van der Waals surface area (Å²) < 4.78 is 5.86. The molecular formula is C14H17ClN2O2. The van der Waals surface area contributed by atoms with Crippen molar-refractivity contribution in [1.82, 2.24) is 4.98 Å². The van der Waals surface area contributed by atoms with Crippen molar-refractivity contribution < 1.29 is 9.84 Å². The zero-order chi connectivity index (χ0) is 12.5. The van der Waals surface area contributed by atoms with E-state index < -0.39 is 0 Å². The molecule has 0 saturated heterocycles.